The van der Waals surface area contributed by atoms with Gasteiger partial charge in [-0.2, -0.15) is 0 Å². The molecule has 1 aromatic heterocycles. The van der Waals surface area contributed by atoms with Gasteiger partial charge in [0.1, 0.15) is 5.78 Å². The van der Waals surface area contributed by atoms with Crippen molar-refractivity contribution >= 4 is 5.78 Å². The summed E-state index contributed by atoms with van der Waals surface area (Å²) in [6.07, 6.45) is 10.0. The molecule has 1 heterocycles. The van der Waals surface area contributed by atoms with Gasteiger partial charge in [-0.15, -0.1) is 0 Å². The number of aromatic nitrogens is 1. The zero-order chi connectivity index (χ0) is 12.3. The Balaban J connectivity index is 2.05. The largest absolute Gasteiger partial charge is 0.300 e. The molecule has 0 saturated heterocycles. The second-order valence-electron chi connectivity index (χ2n) is 4.52. The summed E-state index contributed by atoms with van der Waals surface area (Å²) in [7, 11) is 0. The first-order valence-corrected chi connectivity index (χ1v) is 6.74. The smallest absolute Gasteiger partial charge is 0.133 e. The second-order valence-corrected chi connectivity index (χ2v) is 4.52. The number of hydrogen-bond donors (Lipinski definition) is 0. The van der Waals surface area contributed by atoms with Crippen LogP contribution in [0.25, 0.3) is 0 Å². The van der Waals surface area contributed by atoms with E-state index in [1.807, 2.05) is 18.2 Å². The van der Waals surface area contributed by atoms with Gasteiger partial charge < -0.3 is 0 Å². The van der Waals surface area contributed by atoms with Crippen molar-refractivity contribution in [2.24, 2.45) is 0 Å². The third kappa shape index (κ3) is 6.88. The second kappa shape index (κ2) is 8.91. The number of hydrogen-bond acceptors (Lipinski definition) is 2. The molecule has 0 aliphatic carbocycles. The van der Waals surface area contributed by atoms with Crippen LogP contribution in [0.5, 0.6) is 0 Å². The first-order valence-electron chi connectivity index (χ1n) is 6.74. The molecule has 94 valence electrons. The van der Waals surface area contributed by atoms with Crippen molar-refractivity contribution in [3.63, 3.8) is 0 Å². The van der Waals surface area contributed by atoms with Crippen molar-refractivity contribution < 1.29 is 4.79 Å². The van der Waals surface area contributed by atoms with Crippen LogP contribution in [0.15, 0.2) is 24.4 Å². The van der Waals surface area contributed by atoms with Gasteiger partial charge in [0.05, 0.1) is 0 Å². The molecule has 0 bridgehead atoms. The van der Waals surface area contributed by atoms with Crippen molar-refractivity contribution in [2.45, 2.75) is 58.3 Å². The normalized spacial score (nSPS) is 10.4. The quantitative estimate of drug-likeness (QED) is 0.605. The molecule has 0 N–H and O–H groups in total. The maximum Gasteiger partial charge on any atom is 0.133 e. The molecule has 17 heavy (non-hydrogen) atoms. The summed E-state index contributed by atoms with van der Waals surface area (Å²) in [6, 6.07) is 5.85. The Labute approximate surface area is 104 Å². The molecular formula is C15H23NO. The Hall–Kier alpha value is -1.18. The number of unbranched alkanes of at least 4 members (excludes halogenated alkanes) is 4. The van der Waals surface area contributed by atoms with Crippen molar-refractivity contribution in [3.8, 4) is 0 Å². The van der Waals surface area contributed by atoms with E-state index in [1.165, 1.54) is 25.7 Å². The van der Waals surface area contributed by atoms with E-state index in [-0.39, 0.29) is 0 Å². The fraction of sp³-hybridized carbons (Fsp3) is 0.600. The number of rotatable bonds is 9. The Morgan fingerprint density at radius 3 is 2.65 bits per heavy atom. The summed E-state index contributed by atoms with van der Waals surface area (Å²) in [4.78, 5) is 15.8. The highest BCUT2D eigenvalue weighted by molar-refractivity contribution is 5.78. The minimum absolute atomic E-state index is 0.382. The van der Waals surface area contributed by atoms with Gasteiger partial charge in [-0.3, -0.25) is 9.78 Å². The fourth-order valence-electron chi connectivity index (χ4n) is 1.86. The van der Waals surface area contributed by atoms with Crippen molar-refractivity contribution in [3.05, 3.63) is 30.1 Å². The molecule has 0 atom stereocenters. The Morgan fingerprint density at radius 2 is 1.94 bits per heavy atom. The van der Waals surface area contributed by atoms with E-state index in [0.717, 1.165) is 25.0 Å². The van der Waals surface area contributed by atoms with E-state index < -0.39 is 0 Å². The van der Waals surface area contributed by atoms with Crippen molar-refractivity contribution in [1.82, 2.24) is 4.98 Å². The van der Waals surface area contributed by atoms with E-state index in [2.05, 4.69) is 11.9 Å². The molecule has 2 nitrogen and oxygen atoms in total. The molecule has 1 rings (SSSR count). The number of carbonyl (C=O) groups is 1. The van der Waals surface area contributed by atoms with Gasteiger partial charge in [0.2, 0.25) is 0 Å². The summed E-state index contributed by atoms with van der Waals surface area (Å²) in [5.74, 6) is 0.382. The molecule has 0 aliphatic rings. The number of Topliss-reactive ketones (excluding diaryl/α,β-unsaturated/α-hetero) is 1. The maximum absolute atomic E-state index is 11.6. The number of nitrogens with zero attached hydrogens (tertiary/aromatic N) is 1. The highest BCUT2D eigenvalue weighted by Gasteiger charge is 2.03. The van der Waals surface area contributed by atoms with E-state index >= 15 is 0 Å². The van der Waals surface area contributed by atoms with Gasteiger partial charge in [-0.1, -0.05) is 38.7 Å². The van der Waals surface area contributed by atoms with E-state index in [9.17, 15) is 4.79 Å². The van der Waals surface area contributed by atoms with Crippen LogP contribution >= 0.6 is 0 Å². The summed E-state index contributed by atoms with van der Waals surface area (Å²) in [6.45, 7) is 2.21. The molecule has 0 aliphatic heterocycles. The zero-order valence-corrected chi connectivity index (χ0v) is 10.8. The first kappa shape index (κ1) is 13.9. The van der Waals surface area contributed by atoms with Gasteiger partial charge >= 0.3 is 0 Å². The van der Waals surface area contributed by atoms with Crippen LogP contribution in [0.4, 0.5) is 0 Å². The number of carbonyl (C=O) groups excluding carboxylic acids is 1. The predicted octanol–water partition coefficient (Wildman–Crippen LogP) is 3.94. The molecule has 0 saturated carbocycles. The lowest BCUT2D eigenvalue weighted by Crippen LogP contribution is -2.01. The van der Waals surface area contributed by atoms with Crippen molar-refractivity contribution in [2.75, 3.05) is 0 Å². The lowest BCUT2D eigenvalue weighted by atomic mass is 10.1. The van der Waals surface area contributed by atoms with Gasteiger partial charge in [-0.25, -0.2) is 0 Å². The molecule has 2 heteroatoms. The average Bonchev–Trinajstić information content (AvgIpc) is 2.37. The SMILES string of the molecule is CCCCCCCC(=O)CCc1ccccn1. The van der Waals surface area contributed by atoms with Crippen LogP contribution < -0.4 is 0 Å². The maximum atomic E-state index is 11.6. The third-order valence-corrected chi connectivity index (χ3v) is 2.95. The van der Waals surface area contributed by atoms with Gasteiger partial charge in [0.15, 0.2) is 0 Å². The van der Waals surface area contributed by atoms with Crippen LogP contribution in [-0.4, -0.2) is 10.8 Å². The van der Waals surface area contributed by atoms with Gasteiger partial charge in [0.25, 0.3) is 0 Å². The monoisotopic (exact) mass is 233 g/mol. The molecule has 0 amide bonds. The minimum atomic E-state index is 0.382. The van der Waals surface area contributed by atoms with Gasteiger partial charge in [0, 0.05) is 24.7 Å². The Bertz CT molecular complexity index is 308. The summed E-state index contributed by atoms with van der Waals surface area (Å²) >= 11 is 0. The number of ketones is 1. The molecule has 0 radical (unpaired) electrons. The van der Waals surface area contributed by atoms with E-state index in [1.54, 1.807) is 6.20 Å². The molecular weight excluding hydrogens is 210 g/mol. The molecule has 1 aromatic rings. The predicted molar refractivity (Wildman–Crippen MR) is 70.9 cm³/mol. The highest BCUT2D eigenvalue weighted by atomic mass is 16.1. The van der Waals surface area contributed by atoms with E-state index in [4.69, 9.17) is 0 Å². The lowest BCUT2D eigenvalue weighted by molar-refractivity contribution is -0.119. The Morgan fingerprint density at radius 1 is 1.12 bits per heavy atom. The van der Waals surface area contributed by atoms with Crippen LogP contribution in [0, 0.1) is 0 Å². The summed E-state index contributed by atoms with van der Waals surface area (Å²) < 4.78 is 0. The van der Waals surface area contributed by atoms with Crippen LogP contribution in [0.3, 0.4) is 0 Å². The topological polar surface area (TPSA) is 30.0 Å². The summed E-state index contributed by atoms with van der Waals surface area (Å²) in [5, 5.41) is 0. The summed E-state index contributed by atoms with van der Waals surface area (Å²) in [5.41, 5.74) is 1.02. The van der Waals surface area contributed by atoms with Crippen LogP contribution in [0.2, 0.25) is 0 Å². The first-order chi connectivity index (χ1) is 8.33. The van der Waals surface area contributed by atoms with E-state index in [0.29, 0.717) is 12.2 Å². The molecule has 0 spiro atoms. The lowest BCUT2D eigenvalue weighted by Gasteiger charge is -2.01. The third-order valence-electron chi connectivity index (χ3n) is 2.95. The molecule has 0 fully saturated rings. The molecule has 0 aromatic carbocycles. The minimum Gasteiger partial charge on any atom is -0.300 e. The Kier molecular flexibility index (Phi) is 7.28. The number of aryl methyl sites for hydroxylation is 1. The number of pyridine rings is 1. The van der Waals surface area contributed by atoms with Crippen molar-refractivity contribution in [1.29, 1.82) is 0 Å². The standard InChI is InChI=1S/C15H23NO/c1-2-3-4-5-6-10-15(17)12-11-14-9-7-8-13-16-14/h7-9,13H,2-6,10-12H2,1H3. The van der Waals surface area contributed by atoms with Crippen LogP contribution in [0.1, 0.15) is 57.6 Å². The highest BCUT2D eigenvalue weighted by Crippen LogP contribution is 2.08. The zero-order valence-electron chi connectivity index (χ0n) is 10.8. The van der Waals surface area contributed by atoms with Crippen LogP contribution in [-0.2, 0) is 11.2 Å². The molecule has 0 unspecified atom stereocenters. The fourth-order valence-corrected chi connectivity index (χ4v) is 1.86. The average molecular weight is 233 g/mol. The van der Waals surface area contributed by atoms with Gasteiger partial charge in [-0.05, 0) is 25.0 Å².